The summed E-state index contributed by atoms with van der Waals surface area (Å²) >= 11 is 0. The molecule has 7 nitrogen and oxygen atoms in total. The van der Waals surface area contributed by atoms with Gasteiger partial charge in [-0.15, -0.1) is 5.10 Å². The third-order valence-corrected chi connectivity index (χ3v) is 3.14. The molecule has 0 saturated heterocycles. The normalized spacial score (nSPS) is 13.6. The van der Waals surface area contributed by atoms with E-state index >= 15 is 0 Å². The van der Waals surface area contributed by atoms with Crippen LogP contribution in [-0.2, 0) is 0 Å². The zero-order valence-electron chi connectivity index (χ0n) is 12.0. The van der Waals surface area contributed by atoms with Crippen LogP contribution in [0.1, 0.15) is 12.8 Å². The number of nitrogens with one attached hydrogen (secondary N) is 2. The first-order chi connectivity index (χ1) is 10.3. The van der Waals surface area contributed by atoms with E-state index in [4.69, 9.17) is 9.47 Å². The molecule has 110 valence electrons. The van der Waals surface area contributed by atoms with Crippen LogP contribution in [0, 0.1) is 0 Å². The first-order valence-corrected chi connectivity index (χ1v) is 6.74. The standard InChI is InChI=1S/C14H17N5O2/c1-20-10-5-6-11(12(7-10)21-2)17-14-18-13(8-15-19-14)16-9-3-4-9/h5-9H,3-4H2,1-2H3,(H2,16,17,18,19). The molecule has 1 aromatic heterocycles. The summed E-state index contributed by atoms with van der Waals surface area (Å²) < 4.78 is 10.5. The summed E-state index contributed by atoms with van der Waals surface area (Å²) in [7, 11) is 3.21. The Labute approximate surface area is 122 Å². The van der Waals surface area contributed by atoms with Gasteiger partial charge in [-0.1, -0.05) is 0 Å². The molecule has 1 heterocycles. The fourth-order valence-electron chi connectivity index (χ4n) is 1.89. The minimum atomic E-state index is 0.420. The van der Waals surface area contributed by atoms with E-state index in [0.29, 0.717) is 17.7 Å². The van der Waals surface area contributed by atoms with E-state index in [-0.39, 0.29) is 0 Å². The van der Waals surface area contributed by atoms with Crippen LogP contribution in [0.3, 0.4) is 0 Å². The first kappa shape index (κ1) is 13.4. The summed E-state index contributed by atoms with van der Waals surface area (Å²) in [6, 6.07) is 6.00. The molecular weight excluding hydrogens is 270 g/mol. The summed E-state index contributed by atoms with van der Waals surface area (Å²) in [6.07, 6.45) is 3.98. The predicted octanol–water partition coefficient (Wildman–Crippen LogP) is 2.21. The van der Waals surface area contributed by atoms with Gasteiger partial charge in [0.05, 0.1) is 26.1 Å². The maximum absolute atomic E-state index is 5.33. The average Bonchev–Trinajstić information content (AvgIpc) is 3.32. The van der Waals surface area contributed by atoms with Gasteiger partial charge in [0.15, 0.2) is 5.82 Å². The zero-order chi connectivity index (χ0) is 14.7. The number of rotatable bonds is 6. The molecule has 21 heavy (non-hydrogen) atoms. The van der Waals surface area contributed by atoms with Crippen molar-refractivity contribution in [2.45, 2.75) is 18.9 Å². The highest BCUT2D eigenvalue weighted by atomic mass is 16.5. The van der Waals surface area contributed by atoms with Crippen LogP contribution in [-0.4, -0.2) is 35.4 Å². The molecule has 2 N–H and O–H groups in total. The molecule has 1 aliphatic rings. The average molecular weight is 287 g/mol. The van der Waals surface area contributed by atoms with Gasteiger partial charge in [-0.3, -0.25) is 0 Å². The molecular formula is C14H17N5O2. The number of aromatic nitrogens is 3. The molecule has 3 rings (SSSR count). The smallest absolute Gasteiger partial charge is 0.249 e. The van der Waals surface area contributed by atoms with Gasteiger partial charge in [-0.25, -0.2) is 0 Å². The lowest BCUT2D eigenvalue weighted by molar-refractivity contribution is 0.395. The lowest BCUT2D eigenvalue weighted by atomic mass is 10.2. The SMILES string of the molecule is COc1ccc(Nc2nncc(NC3CC3)n2)c(OC)c1. The second kappa shape index (κ2) is 5.82. The number of hydrogen-bond donors (Lipinski definition) is 2. The Morgan fingerprint density at radius 2 is 2.05 bits per heavy atom. The third-order valence-electron chi connectivity index (χ3n) is 3.14. The van der Waals surface area contributed by atoms with E-state index in [2.05, 4.69) is 25.8 Å². The van der Waals surface area contributed by atoms with Crippen LogP contribution < -0.4 is 20.1 Å². The highest BCUT2D eigenvalue weighted by Gasteiger charge is 2.21. The summed E-state index contributed by atoms with van der Waals surface area (Å²) in [5.41, 5.74) is 0.753. The van der Waals surface area contributed by atoms with E-state index in [9.17, 15) is 0 Å². The summed E-state index contributed by atoms with van der Waals surface area (Å²) in [6.45, 7) is 0. The van der Waals surface area contributed by atoms with Crippen molar-refractivity contribution < 1.29 is 9.47 Å². The first-order valence-electron chi connectivity index (χ1n) is 6.74. The highest BCUT2D eigenvalue weighted by molar-refractivity contribution is 5.64. The Kier molecular flexibility index (Phi) is 3.72. The highest BCUT2D eigenvalue weighted by Crippen LogP contribution is 2.30. The van der Waals surface area contributed by atoms with E-state index in [0.717, 1.165) is 17.3 Å². The van der Waals surface area contributed by atoms with Crippen molar-refractivity contribution in [3.8, 4) is 11.5 Å². The summed E-state index contributed by atoms with van der Waals surface area (Å²) in [5, 5.41) is 14.3. The van der Waals surface area contributed by atoms with Crippen molar-refractivity contribution in [3.63, 3.8) is 0 Å². The third kappa shape index (κ3) is 3.31. The van der Waals surface area contributed by atoms with Gasteiger partial charge in [0.1, 0.15) is 11.5 Å². The Balaban J connectivity index is 1.79. The Morgan fingerprint density at radius 1 is 1.19 bits per heavy atom. The van der Waals surface area contributed by atoms with Crippen LogP contribution in [0.5, 0.6) is 11.5 Å². The molecule has 0 atom stereocenters. The maximum atomic E-state index is 5.33. The molecule has 0 unspecified atom stereocenters. The number of hydrogen-bond acceptors (Lipinski definition) is 7. The molecule has 2 aromatic rings. The maximum Gasteiger partial charge on any atom is 0.249 e. The second-order valence-corrected chi connectivity index (χ2v) is 4.78. The van der Waals surface area contributed by atoms with Crippen LogP contribution in [0.25, 0.3) is 0 Å². The number of methoxy groups -OCH3 is 2. The zero-order valence-corrected chi connectivity index (χ0v) is 12.0. The van der Waals surface area contributed by atoms with Crippen LogP contribution in [0.4, 0.5) is 17.5 Å². The molecule has 0 bridgehead atoms. The van der Waals surface area contributed by atoms with Crippen molar-refractivity contribution in [1.29, 1.82) is 0 Å². The molecule has 1 aromatic carbocycles. The quantitative estimate of drug-likeness (QED) is 0.843. The Bertz CT molecular complexity index is 631. The van der Waals surface area contributed by atoms with Crippen molar-refractivity contribution in [2.75, 3.05) is 24.9 Å². The van der Waals surface area contributed by atoms with Gasteiger partial charge < -0.3 is 20.1 Å². The molecule has 1 fully saturated rings. The fraction of sp³-hybridized carbons (Fsp3) is 0.357. The Hall–Kier alpha value is -2.57. The lowest BCUT2D eigenvalue weighted by Gasteiger charge is -2.11. The van der Waals surface area contributed by atoms with Crippen molar-refractivity contribution in [3.05, 3.63) is 24.4 Å². The van der Waals surface area contributed by atoms with Gasteiger partial charge in [-0.05, 0) is 25.0 Å². The van der Waals surface area contributed by atoms with Crippen LogP contribution >= 0.6 is 0 Å². The van der Waals surface area contributed by atoms with Crippen molar-refractivity contribution >= 4 is 17.5 Å². The molecule has 7 heteroatoms. The van der Waals surface area contributed by atoms with Gasteiger partial charge in [0, 0.05) is 12.1 Å². The molecule has 0 radical (unpaired) electrons. The number of nitrogens with zero attached hydrogens (tertiary/aromatic N) is 3. The van der Waals surface area contributed by atoms with E-state index in [1.807, 2.05) is 12.1 Å². The van der Waals surface area contributed by atoms with Crippen molar-refractivity contribution in [2.24, 2.45) is 0 Å². The number of benzene rings is 1. The van der Waals surface area contributed by atoms with Crippen LogP contribution in [0.2, 0.25) is 0 Å². The van der Waals surface area contributed by atoms with E-state index in [1.165, 1.54) is 12.8 Å². The monoisotopic (exact) mass is 287 g/mol. The van der Waals surface area contributed by atoms with Crippen LogP contribution in [0.15, 0.2) is 24.4 Å². The molecule has 0 spiro atoms. The largest absolute Gasteiger partial charge is 0.497 e. The molecule has 1 aliphatic carbocycles. The second-order valence-electron chi connectivity index (χ2n) is 4.78. The van der Waals surface area contributed by atoms with Gasteiger partial charge >= 0.3 is 0 Å². The molecule has 0 aliphatic heterocycles. The van der Waals surface area contributed by atoms with Crippen molar-refractivity contribution in [1.82, 2.24) is 15.2 Å². The summed E-state index contributed by atoms with van der Waals surface area (Å²) in [4.78, 5) is 4.38. The number of anilines is 3. The van der Waals surface area contributed by atoms with Gasteiger partial charge in [0.25, 0.3) is 0 Å². The summed E-state index contributed by atoms with van der Waals surface area (Å²) in [5.74, 6) is 2.52. The lowest BCUT2D eigenvalue weighted by Crippen LogP contribution is -2.07. The minimum absolute atomic E-state index is 0.420. The number of ether oxygens (including phenoxy) is 2. The van der Waals surface area contributed by atoms with E-state index < -0.39 is 0 Å². The van der Waals surface area contributed by atoms with Gasteiger partial charge in [-0.2, -0.15) is 10.1 Å². The topological polar surface area (TPSA) is 81.2 Å². The van der Waals surface area contributed by atoms with E-state index in [1.54, 1.807) is 26.5 Å². The predicted molar refractivity (Wildman–Crippen MR) is 79.3 cm³/mol. The van der Waals surface area contributed by atoms with Gasteiger partial charge in [0.2, 0.25) is 5.95 Å². The minimum Gasteiger partial charge on any atom is -0.497 e. The fourth-order valence-corrected chi connectivity index (χ4v) is 1.89. The molecule has 0 amide bonds. The Morgan fingerprint density at radius 3 is 2.76 bits per heavy atom. The molecule has 1 saturated carbocycles.